The van der Waals surface area contributed by atoms with E-state index in [0.717, 1.165) is 12.1 Å². The first-order chi connectivity index (χ1) is 10.9. The van der Waals surface area contributed by atoms with Crippen LogP contribution in [0.15, 0.2) is 42.5 Å². The first-order valence-electron chi connectivity index (χ1n) is 6.80. The van der Waals surface area contributed by atoms with Crippen LogP contribution in [0.1, 0.15) is 6.92 Å². The molecular weight excluding hydrogens is 304 g/mol. The van der Waals surface area contributed by atoms with Gasteiger partial charge < -0.3 is 16.0 Å². The van der Waals surface area contributed by atoms with Gasteiger partial charge in [-0.2, -0.15) is 0 Å². The van der Waals surface area contributed by atoms with Crippen LogP contribution < -0.4 is 16.0 Å². The zero-order chi connectivity index (χ0) is 16.8. The fraction of sp³-hybridized carbons (Fsp3) is 0.125. The van der Waals surface area contributed by atoms with Crippen LogP contribution in [0.25, 0.3) is 0 Å². The fourth-order valence-electron chi connectivity index (χ4n) is 1.84. The van der Waals surface area contributed by atoms with Gasteiger partial charge >= 0.3 is 0 Å². The molecule has 0 atom stereocenters. The molecule has 7 heteroatoms. The molecule has 2 rings (SSSR count). The highest BCUT2D eigenvalue weighted by atomic mass is 19.2. The minimum Gasteiger partial charge on any atom is -0.376 e. The van der Waals surface area contributed by atoms with Crippen LogP contribution in [0, 0.1) is 11.6 Å². The minimum absolute atomic E-state index is 0.0432. The summed E-state index contributed by atoms with van der Waals surface area (Å²) < 4.78 is 25.8. The molecule has 0 bridgehead atoms. The van der Waals surface area contributed by atoms with E-state index in [-0.39, 0.29) is 18.1 Å². The highest BCUT2D eigenvalue weighted by Gasteiger charge is 2.06. The molecule has 0 aliphatic heterocycles. The summed E-state index contributed by atoms with van der Waals surface area (Å²) in [7, 11) is 0. The van der Waals surface area contributed by atoms with E-state index in [2.05, 4.69) is 16.0 Å². The van der Waals surface area contributed by atoms with Gasteiger partial charge in [-0.1, -0.05) is 0 Å². The monoisotopic (exact) mass is 319 g/mol. The van der Waals surface area contributed by atoms with Gasteiger partial charge in [0.1, 0.15) is 0 Å². The van der Waals surface area contributed by atoms with Crippen molar-refractivity contribution in [2.75, 3.05) is 22.5 Å². The number of carbonyl (C=O) groups is 2. The van der Waals surface area contributed by atoms with E-state index >= 15 is 0 Å². The number of anilines is 3. The van der Waals surface area contributed by atoms with E-state index in [0.29, 0.717) is 11.4 Å². The van der Waals surface area contributed by atoms with Crippen molar-refractivity contribution in [3.8, 4) is 0 Å². The Balaban J connectivity index is 1.86. The Labute approximate surface area is 131 Å². The zero-order valence-corrected chi connectivity index (χ0v) is 12.3. The summed E-state index contributed by atoms with van der Waals surface area (Å²) in [4.78, 5) is 22.6. The number of carbonyl (C=O) groups excluding carboxylic acids is 2. The number of benzene rings is 2. The fourth-order valence-corrected chi connectivity index (χ4v) is 1.84. The molecule has 0 aliphatic rings. The SMILES string of the molecule is CC(=O)Nc1ccc(NCC(=O)Nc2ccc(F)c(F)c2)cc1. The molecule has 0 aromatic heterocycles. The van der Waals surface area contributed by atoms with E-state index in [4.69, 9.17) is 0 Å². The van der Waals surface area contributed by atoms with Gasteiger partial charge in [0, 0.05) is 30.1 Å². The van der Waals surface area contributed by atoms with E-state index < -0.39 is 17.5 Å². The predicted molar refractivity (Wildman–Crippen MR) is 84.2 cm³/mol. The van der Waals surface area contributed by atoms with Gasteiger partial charge in [0.25, 0.3) is 0 Å². The van der Waals surface area contributed by atoms with Crippen molar-refractivity contribution in [2.45, 2.75) is 6.92 Å². The lowest BCUT2D eigenvalue weighted by Gasteiger charge is -2.09. The largest absolute Gasteiger partial charge is 0.376 e. The van der Waals surface area contributed by atoms with Gasteiger partial charge in [0.2, 0.25) is 11.8 Å². The van der Waals surface area contributed by atoms with E-state index in [1.165, 1.54) is 13.0 Å². The van der Waals surface area contributed by atoms with Crippen LogP contribution in [-0.4, -0.2) is 18.4 Å². The van der Waals surface area contributed by atoms with E-state index in [9.17, 15) is 18.4 Å². The van der Waals surface area contributed by atoms with Gasteiger partial charge in [-0.3, -0.25) is 9.59 Å². The highest BCUT2D eigenvalue weighted by molar-refractivity contribution is 5.93. The number of nitrogens with one attached hydrogen (secondary N) is 3. The van der Waals surface area contributed by atoms with Crippen molar-refractivity contribution in [3.63, 3.8) is 0 Å². The highest BCUT2D eigenvalue weighted by Crippen LogP contribution is 2.14. The van der Waals surface area contributed by atoms with Gasteiger partial charge in [-0.25, -0.2) is 8.78 Å². The van der Waals surface area contributed by atoms with Crippen LogP contribution in [0.3, 0.4) is 0 Å². The number of hydrogen-bond acceptors (Lipinski definition) is 3. The average molecular weight is 319 g/mol. The Morgan fingerprint density at radius 1 is 0.870 bits per heavy atom. The molecule has 2 aromatic rings. The Morgan fingerprint density at radius 2 is 1.48 bits per heavy atom. The number of amides is 2. The molecule has 0 saturated heterocycles. The second kappa shape index (κ2) is 7.35. The Hall–Kier alpha value is -2.96. The third kappa shape index (κ3) is 5.06. The minimum atomic E-state index is -1.02. The Morgan fingerprint density at radius 3 is 2.09 bits per heavy atom. The third-order valence-electron chi connectivity index (χ3n) is 2.86. The summed E-state index contributed by atoms with van der Waals surface area (Å²) >= 11 is 0. The molecule has 0 spiro atoms. The van der Waals surface area contributed by atoms with Gasteiger partial charge in [-0.05, 0) is 36.4 Å². The lowest BCUT2D eigenvalue weighted by molar-refractivity contribution is -0.115. The molecule has 5 nitrogen and oxygen atoms in total. The first kappa shape index (κ1) is 16.4. The van der Waals surface area contributed by atoms with Crippen LogP contribution in [0.4, 0.5) is 25.8 Å². The van der Waals surface area contributed by atoms with E-state index in [1.807, 2.05) is 0 Å². The number of rotatable bonds is 5. The molecule has 2 amide bonds. The van der Waals surface area contributed by atoms with Crippen LogP contribution in [0.5, 0.6) is 0 Å². The molecule has 120 valence electrons. The molecule has 0 aliphatic carbocycles. The van der Waals surface area contributed by atoms with Gasteiger partial charge in [0.05, 0.1) is 6.54 Å². The summed E-state index contributed by atoms with van der Waals surface area (Å²) in [6.45, 7) is 1.37. The molecule has 0 heterocycles. The van der Waals surface area contributed by atoms with E-state index in [1.54, 1.807) is 24.3 Å². The van der Waals surface area contributed by atoms with Crippen molar-refractivity contribution >= 4 is 28.9 Å². The quantitative estimate of drug-likeness (QED) is 0.793. The summed E-state index contributed by atoms with van der Waals surface area (Å²) in [6, 6.07) is 9.92. The second-order valence-electron chi connectivity index (χ2n) is 4.79. The van der Waals surface area contributed by atoms with Crippen LogP contribution >= 0.6 is 0 Å². The van der Waals surface area contributed by atoms with Crippen molar-refractivity contribution in [2.24, 2.45) is 0 Å². The van der Waals surface area contributed by atoms with Crippen LogP contribution in [-0.2, 0) is 9.59 Å². The number of hydrogen-bond donors (Lipinski definition) is 3. The Bertz CT molecular complexity index is 718. The lowest BCUT2D eigenvalue weighted by Crippen LogP contribution is -2.21. The normalized spacial score (nSPS) is 10.0. The molecular formula is C16H15F2N3O2. The van der Waals surface area contributed by atoms with Gasteiger partial charge in [0.15, 0.2) is 11.6 Å². The average Bonchev–Trinajstić information content (AvgIpc) is 2.50. The number of halogens is 2. The maximum atomic E-state index is 13.0. The smallest absolute Gasteiger partial charge is 0.243 e. The molecule has 0 fully saturated rings. The first-order valence-corrected chi connectivity index (χ1v) is 6.80. The molecule has 3 N–H and O–H groups in total. The molecule has 0 radical (unpaired) electrons. The van der Waals surface area contributed by atoms with Crippen molar-refractivity contribution < 1.29 is 18.4 Å². The van der Waals surface area contributed by atoms with Crippen molar-refractivity contribution in [1.29, 1.82) is 0 Å². The third-order valence-corrected chi connectivity index (χ3v) is 2.86. The molecule has 0 unspecified atom stereocenters. The molecule has 2 aromatic carbocycles. The molecule has 23 heavy (non-hydrogen) atoms. The van der Waals surface area contributed by atoms with Crippen molar-refractivity contribution in [1.82, 2.24) is 0 Å². The lowest BCUT2D eigenvalue weighted by atomic mass is 10.2. The van der Waals surface area contributed by atoms with Crippen molar-refractivity contribution in [3.05, 3.63) is 54.1 Å². The Kier molecular flexibility index (Phi) is 5.24. The second-order valence-corrected chi connectivity index (χ2v) is 4.79. The summed E-state index contributed by atoms with van der Waals surface area (Å²) in [6.07, 6.45) is 0. The maximum absolute atomic E-state index is 13.0. The van der Waals surface area contributed by atoms with Crippen LogP contribution in [0.2, 0.25) is 0 Å². The summed E-state index contributed by atoms with van der Waals surface area (Å²) in [5, 5.41) is 7.96. The summed E-state index contributed by atoms with van der Waals surface area (Å²) in [5.41, 5.74) is 1.51. The molecule has 0 saturated carbocycles. The standard InChI is InChI=1S/C16H15F2N3O2/c1-10(22)20-12-4-2-11(3-5-12)19-9-16(23)21-13-6-7-14(17)15(18)8-13/h2-8,19H,9H2,1H3,(H,20,22)(H,21,23). The predicted octanol–water partition coefficient (Wildman–Crippen LogP) is 2.97. The maximum Gasteiger partial charge on any atom is 0.243 e. The topological polar surface area (TPSA) is 70.2 Å². The van der Waals surface area contributed by atoms with Gasteiger partial charge in [-0.15, -0.1) is 0 Å². The summed E-state index contributed by atoms with van der Waals surface area (Å²) in [5.74, 6) is -2.57. The zero-order valence-electron chi connectivity index (χ0n) is 12.3.